The van der Waals surface area contributed by atoms with Crippen molar-refractivity contribution >= 4 is 5.97 Å². The molecule has 3 nitrogen and oxygen atoms in total. The lowest BCUT2D eigenvalue weighted by Crippen LogP contribution is -2.15. The average Bonchev–Trinajstić information content (AvgIpc) is 2.02. The van der Waals surface area contributed by atoms with Crippen LogP contribution < -0.4 is 0 Å². The van der Waals surface area contributed by atoms with Gasteiger partial charge in [0.05, 0.1) is 5.57 Å². The van der Waals surface area contributed by atoms with E-state index in [-0.39, 0.29) is 5.57 Å². The first-order chi connectivity index (χ1) is 5.11. The molecule has 60 valence electrons. The Bertz CT molecular complexity index is 194. The Morgan fingerprint density at radius 3 is 2.45 bits per heavy atom. The van der Waals surface area contributed by atoms with Gasteiger partial charge in [0.15, 0.2) is 0 Å². The minimum atomic E-state index is -1.28. The quantitative estimate of drug-likeness (QED) is 0.214. The third kappa shape index (κ3) is 3.37. The molecule has 0 radical (unpaired) electrons. The second kappa shape index (κ2) is 4.46. The molecule has 0 heterocycles. The molecular formula is C8H10O3. The predicted molar refractivity (Wildman–Crippen MR) is 41.6 cm³/mol. The average molecular weight is 154 g/mol. The van der Waals surface area contributed by atoms with Crippen molar-refractivity contribution in [2.24, 2.45) is 0 Å². The van der Waals surface area contributed by atoms with Gasteiger partial charge in [-0.1, -0.05) is 25.8 Å². The Labute approximate surface area is 65.3 Å². The van der Waals surface area contributed by atoms with Crippen LogP contribution in [-0.4, -0.2) is 17.4 Å². The predicted octanol–water partition coefficient (Wildman–Crippen LogP) is 0.776. The zero-order valence-corrected chi connectivity index (χ0v) is 6.12. The molecule has 0 aromatic heterocycles. The van der Waals surface area contributed by atoms with Gasteiger partial charge in [0.2, 0.25) is 6.29 Å². The van der Waals surface area contributed by atoms with Gasteiger partial charge in [-0.05, 0) is 6.08 Å². The number of carbonyl (C=O) groups excluding carboxylic acids is 1. The first-order valence-corrected chi connectivity index (χ1v) is 2.94. The monoisotopic (exact) mass is 154 g/mol. The summed E-state index contributed by atoms with van der Waals surface area (Å²) in [7, 11) is 0. The van der Waals surface area contributed by atoms with Crippen LogP contribution in [0.4, 0.5) is 0 Å². The van der Waals surface area contributed by atoms with E-state index in [0.29, 0.717) is 0 Å². The minimum absolute atomic E-state index is 0.103. The molecule has 0 spiro atoms. The number of rotatable bonds is 4. The lowest BCUT2D eigenvalue weighted by Gasteiger charge is -2.06. The zero-order valence-electron chi connectivity index (χ0n) is 6.12. The highest BCUT2D eigenvalue weighted by Gasteiger charge is 2.08. The molecule has 11 heavy (non-hydrogen) atoms. The summed E-state index contributed by atoms with van der Waals surface area (Å²) in [5.41, 5.74) is 0.103. The standard InChI is InChI=1S/C8H10O3/c1-4-6(3)8(10)11-7(9)5-2/h4-5,7,9H,1-3H2. The van der Waals surface area contributed by atoms with Gasteiger partial charge in [0.1, 0.15) is 0 Å². The van der Waals surface area contributed by atoms with Crippen LogP contribution in [0.1, 0.15) is 0 Å². The summed E-state index contributed by atoms with van der Waals surface area (Å²) in [5.74, 6) is -0.701. The highest BCUT2D eigenvalue weighted by atomic mass is 16.6. The molecule has 3 heteroatoms. The Morgan fingerprint density at radius 2 is 2.09 bits per heavy atom. The normalized spacial score (nSPS) is 11.4. The number of ether oxygens (including phenoxy) is 1. The Balaban J connectivity index is 3.96. The van der Waals surface area contributed by atoms with Crippen molar-refractivity contribution in [3.63, 3.8) is 0 Å². The lowest BCUT2D eigenvalue weighted by molar-refractivity contribution is -0.155. The molecule has 0 saturated carbocycles. The van der Waals surface area contributed by atoms with E-state index in [1.54, 1.807) is 0 Å². The molecule has 0 aliphatic carbocycles. The summed E-state index contributed by atoms with van der Waals surface area (Å²) in [4.78, 5) is 10.7. The van der Waals surface area contributed by atoms with E-state index in [9.17, 15) is 4.79 Å². The summed E-state index contributed by atoms with van der Waals surface area (Å²) in [6.07, 6.45) is 1.06. The van der Waals surface area contributed by atoms with Crippen molar-refractivity contribution in [2.75, 3.05) is 0 Å². The summed E-state index contributed by atoms with van der Waals surface area (Å²) in [6.45, 7) is 9.85. The van der Waals surface area contributed by atoms with Crippen LogP contribution in [0.2, 0.25) is 0 Å². The zero-order chi connectivity index (χ0) is 8.85. The maximum absolute atomic E-state index is 10.7. The van der Waals surface area contributed by atoms with Gasteiger partial charge in [0, 0.05) is 0 Å². The van der Waals surface area contributed by atoms with Crippen LogP contribution in [0.25, 0.3) is 0 Å². The molecule has 0 saturated heterocycles. The molecule has 0 rings (SSSR count). The molecule has 0 aliphatic heterocycles. The van der Waals surface area contributed by atoms with Gasteiger partial charge in [-0.25, -0.2) is 4.79 Å². The maximum atomic E-state index is 10.7. The van der Waals surface area contributed by atoms with Gasteiger partial charge in [-0.2, -0.15) is 0 Å². The number of carbonyl (C=O) groups is 1. The molecule has 1 N–H and O–H groups in total. The Kier molecular flexibility index (Phi) is 3.92. The molecule has 0 aliphatic rings. The largest absolute Gasteiger partial charge is 0.429 e. The van der Waals surface area contributed by atoms with Crippen LogP contribution in [-0.2, 0) is 9.53 Å². The maximum Gasteiger partial charge on any atom is 0.340 e. The van der Waals surface area contributed by atoms with Crippen LogP contribution in [0, 0.1) is 0 Å². The number of hydrogen-bond donors (Lipinski definition) is 1. The summed E-state index contributed by atoms with van der Waals surface area (Å²) in [5, 5.41) is 8.74. The van der Waals surface area contributed by atoms with Crippen LogP contribution in [0.5, 0.6) is 0 Å². The third-order valence-corrected chi connectivity index (χ3v) is 0.938. The van der Waals surface area contributed by atoms with Gasteiger partial charge in [-0.15, -0.1) is 0 Å². The molecule has 0 aromatic rings. The van der Waals surface area contributed by atoms with Crippen LogP contribution in [0.3, 0.4) is 0 Å². The van der Waals surface area contributed by atoms with Gasteiger partial charge in [0.25, 0.3) is 0 Å². The SMILES string of the molecule is C=CC(=C)C(=O)OC(O)C=C. The van der Waals surface area contributed by atoms with Crippen molar-refractivity contribution in [1.29, 1.82) is 0 Å². The van der Waals surface area contributed by atoms with E-state index < -0.39 is 12.3 Å². The van der Waals surface area contributed by atoms with Gasteiger partial charge in [-0.3, -0.25) is 0 Å². The number of esters is 1. The van der Waals surface area contributed by atoms with E-state index in [4.69, 9.17) is 5.11 Å². The van der Waals surface area contributed by atoms with Crippen LogP contribution >= 0.6 is 0 Å². The molecular weight excluding hydrogens is 144 g/mol. The first-order valence-electron chi connectivity index (χ1n) is 2.94. The molecule has 0 aromatic carbocycles. The molecule has 0 amide bonds. The van der Waals surface area contributed by atoms with E-state index in [1.165, 1.54) is 6.08 Å². The van der Waals surface area contributed by atoms with Crippen molar-refractivity contribution in [2.45, 2.75) is 6.29 Å². The second-order valence-electron chi connectivity index (χ2n) is 1.76. The topological polar surface area (TPSA) is 46.5 Å². The second-order valence-corrected chi connectivity index (χ2v) is 1.76. The Morgan fingerprint density at radius 1 is 1.55 bits per heavy atom. The number of aliphatic hydroxyl groups is 1. The highest BCUT2D eigenvalue weighted by molar-refractivity contribution is 5.90. The smallest absolute Gasteiger partial charge is 0.340 e. The highest BCUT2D eigenvalue weighted by Crippen LogP contribution is 1.98. The van der Waals surface area contributed by atoms with E-state index >= 15 is 0 Å². The van der Waals surface area contributed by atoms with Crippen molar-refractivity contribution in [3.05, 3.63) is 37.5 Å². The lowest BCUT2D eigenvalue weighted by atomic mass is 10.3. The van der Waals surface area contributed by atoms with Crippen molar-refractivity contribution in [3.8, 4) is 0 Å². The van der Waals surface area contributed by atoms with Gasteiger partial charge < -0.3 is 9.84 Å². The van der Waals surface area contributed by atoms with E-state index in [2.05, 4.69) is 24.5 Å². The van der Waals surface area contributed by atoms with E-state index in [1.807, 2.05) is 0 Å². The first kappa shape index (κ1) is 9.65. The summed E-state index contributed by atoms with van der Waals surface area (Å²) >= 11 is 0. The van der Waals surface area contributed by atoms with Crippen molar-refractivity contribution < 1.29 is 14.6 Å². The number of hydrogen-bond acceptors (Lipinski definition) is 3. The minimum Gasteiger partial charge on any atom is -0.429 e. The summed E-state index contributed by atoms with van der Waals surface area (Å²) in [6, 6.07) is 0. The van der Waals surface area contributed by atoms with Gasteiger partial charge >= 0.3 is 5.97 Å². The molecule has 0 bridgehead atoms. The molecule has 1 unspecified atom stereocenters. The molecule has 0 fully saturated rings. The third-order valence-electron chi connectivity index (χ3n) is 0.938. The fraction of sp³-hybridized carbons (Fsp3) is 0.125. The number of aliphatic hydroxyl groups excluding tert-OH is 1. The molecule has 1 atom stereocenters. The van der Waals surface area contributed by atoms with Crippen molar-refractivity contribution in [1.82, 2.24) is 0 Å². The summed E-state index contributed by atoms with van der Waals surface area (Å²) < 4.78 is 4.38. The van der Waals surface area contributed by atoms with E-state index in [0.717, 1.165) is 6.08 Å². The Hall–Kier alpha value is -1.35. The fourth-order valence-electron chi connectivity index (χ4n) is 0.317. The fourth-order valence-corrected chi connectivity index (χ4v) is 0.317. The van der Waals surface area contributed by atoms with Crippen LogP contribution in [0.15, 0.2) is 37.5 Å².